The highest BCUT2D eigenvalue weighted by Gasteiger charge is 2.52. The second-order valence-electron chi connectivity index (χ2n) is 5.98. The second-order valence-corrected chi connectivity index (χ2v) is 18.0. The molecular weight excluding hydrogens is 600 g/mol. The Hall–Kier alpha value is 0.310. The van der Waals surface area contributed by atoms with E-state index in [0.717, 1.165) is 22.3 Å². The van der Waals surface area contributed by atoms with Crippen LogP contribution in [-0.4, -0.2) is 13.5 Å². The molecule has 2 rings (SSSR count). The fourth-order valence-corrected chi connectivity index (χ4v) is 10.7. The molecule has 0 saturated carbocycles. The van der Waals surface area contributed by atoms with Crippen LogP contribution in [0.4, 0.5) is 0 Å². The van der Waals surface area contributed by atoms with Gasteiger partial charge < -0.3 is 0 Å². The zero-order chi connectivity index (χ0) is 18.9. The molecule has 0 saturated heterocycles. The van der Waals surface area contributed by atoms with Crippen molar-refractivity contribution in [3.63, 3.8) is 0 Å². The van der Waals surface area contributed by atoms with Gasteiger partial charge in [0.25, 0.3) is 0 Å². The third-order valence-electron chi connectivity index (χ3n) is 4.10. The molecule has 0 aliphatic heterocycles. The topological polar surface area (TPSA) is 34.1 Å². The Morgan fingerprint density at radius 2 is 1.04 bits per heavy atom. The van der Waals surface area contributed by atoms with Gasteiger partial charge in [0.2, 0.25) is 9.84 Å². The molecule has 0 heterocycles. The molecule has 136 valence electrons. The molecule has 0 radical (unpaired) electrons. The summed E-state index contributed by atoms with van der Waals surface area (Å²) in [7, 11) is -3.70. The average molecular weight is 618 g/mol. The third kappa shape index (κ3) is 4.78. The predicted octanol–water partition coefficient (Wildman–Crippen LogP) is 6.39. The molecular formula is C18H18Br4O2S. The van der Waals surface area contributed by atoms with Crippen molar-refractivity contribution in [2.45, 2.75) is 31.8 Å². The molecule has 2 nitrogen and oxygen atoms in total. The molecule has 2 aromatic rings. The lowest BCUT2D eigenvalue weighted by atomic mass is 10.1. The number of hydrogen-bond donors (Lipinski definition) is 0. The van der Waals surface area contributed by atoms with Gasteiger partial charge >= 0.3 is 0 Å². The fourth-order valence-electron chi connectivity index (χ4n) is 2.47. The molecule has 0 spiro atoms. The van der Waals surface area contributed by atoms with Gasteiger partial charge in [-0.15, -0.1) is 0 Å². The second kappa shape index (κ2) is 8.13. The molecule has 0 unspecified atom stereocenters. The summed E-state index contributed by atoms with van der Waals surface area (Å²) in [6.45, 7) is 3.95. The molecule has 0 N–H and O–H groups in total. The first-order valence-electron chi connectivity index (χ1n) is 7.57. The maximum atomic E-state index is 13.3. The first kappa shape index (κ1) is 21.6. The Kier molecular flexibility index (Phi) is 7.03. The van der Waals surface area contributed by atoms with Crippen LogP contribution in [0.2, 0.25) is 0 Å². The quantitative estimate of drug-likeness (QED) is 0.352. The molecule has 0 fully saturated rings. The van der Waals surface area contributed by atoms with E-state index in [1.165, 1.54) is 0 Å². The van der Waals surface area contributed by atoms with E-state index in [9.17, 15) is 8.42 Å². The monoisotopic (exact) mass is 614 g/mol. The van der Waals surface area contributed by atoms with Gasteiger partial charge in [-0.05, 0) is 36.1 Å². The molecule has 0 aliphatic carbocycles. The molecule has 25 heavy (non-hydrogen) atoms. The van der Waals surface area contributed by atoms with Gasteiger partial charge in [0, 0.05) is 12.8 Å². The number of halogens is 4. The van der Waals surface area contributed by atoms with Crippen molar-refractivity contribution < 1.29 is 8.42 Å². The highest BCUT2D eigenvalue weighted by molar-refractivity contribution is 9.31. The van der Waals surface area contributed by atoms with Gasteiger partial charge in [0.15, 0.2) is 5.13 Å². The van der Waals surface area contributed by atoms with E-state index in [1.54, 1.807) is 0 Å². The van der Waals surface area contributed by atoms with Crippen molar-refractivity contribution in [3.8, 4) is 0 Å². The van der Waals surface area contributed by atoms with Gasteiger partial charge in [0.05, 0.1) is 0 Å². The van der Waals surface area contributed by atoms with E-state index in [0.29, 0.717) is 12.8 Å². The lowest BCUT2D eigenvalue weighted by molar-refractivity contribution is 0.585. The van der Waals surface area contributed by atoms with Crippen LogP contribution in [0.1, 0.15) is 22.3 Å². The summed E-state index contributed by atoms with van der Waals surface area (Å²) in [5.41, 5.74) is 4.03. The first-order chi connectivity index (χ1) is 11.5. The molecule has 0 amide bonds. The standard InChI is InChI=1S/C18H18Br4O2S/c1-13-7-3-5-9-15(13)11-17(19,20)25(23,24)18(21,22)12-16-10-6-4-8-14(16)2/h3-10H,11-12H2,1-2H3. The minimum Gasteiger partial charge on any atom is -0.224 e. The van der Waals surface area contributed by atoms with Crippen molar-refractivity contribution >= 4 is 73.6 Å². The van der Waals surface area contributed by atoms with Gasteiger partial charge in [-0.1, -0.05) is 112 Å². The molecule has 2 aromatic carbocycles. The maximum absolute atomic E-state index is 13.3. The number of benzene rings is 2. The van der Waals surface area contributed by atoms with E-state index in [1.807, 2.05) is 62.4 Å². The van der Waals surface area contributed by atoms with Crippen molar-refractivity contribution in [2.24, 2.45) is 0 Å². The Bertz CT molecular complexity index is 795. The first-order valence-corrected chi connectivity index (χ1v) is 12.2. The smallest absolute Gasteiger partial charge is 0.202 e. The van der Waals surface area contributed by atoms with Crippen LogP contribution < -0.4 is 0 Å². The van der Waals surface area contributed by atoms with Crippen LogP contribution >= 0.6 is 63.7 Å². The van der Waals surface area contributed by atoms with Gasteiger partial charge in [-0.3, -0.25) is 0 Å². The Morgan fingerprint density at radius 3 is 1.36 bits per heavy atom. The van der Waals surface area contributed by atoms with Gasteiger partial charge in [-0.2, -0.15) is 0 Å². The van der Waals surface area contributed by atoms with Crippen LogP contribution in [0.15, 0.2) is 48.5 Å². The average Bonchev–Trinajstić information content (AvgIpc) is 2.51. The van der Waals surface area contributed by atoms with Crippen molar-refractivity contribution in [2.75, 3.05) is 0 Å². The molecule has 0 aliphatic rings. The normalized spacial score (nSPS) is 13.0. The van der Waals surface area contributed by atoms with E-state index in [2.05, 4.69) is 63.7 Å². The summed E-state index contributed by atoms with van der Waals surface area (Å²) in [4.78, 5) is 0. The summed E-state index contributed by atoms with van der Waals surface area (Å²) >= 11 is 13.6. The highest BCUT2D eigenvalue weighted by atomic mass is 79.9. The summed E-state index contributed by atoms with van der Waals surface area (Å²) in [5, 5.41) is 0. The largest absolute Gasteiger partial charge is 0.224 e. The molecule has 7 heteroatoms. The van der Waals surface area contributed by atoms with Crippen LogP contribution in [0.3, 0.4) is 0 Å². The Morgan fingerprint density at radius 1 is 0.720 bits per heavy atom. The lowest BCUT2D eigenvalue weighted by Gasteiger charge is -2.30. The number of hydrogen-bond acceptors (Lipinski definition) is 2. The van der Waals surface area contributed by atoms with Crippen molar-refractivity contribution in [1.82, 2.24) is 0 Å². The van der Waals surface area contributed by atoms with Gasteiger partial charge in [-0.25, -0.2) is 8.42 Å². The highest BCUT2D eigenvalue weighted by Crippen LogP contribution is 2.49. The van der Waals surface area contributed by atoms with Crippen molar-refractivity contribution in [3.05, 3.63) is 70.8 Å². The van der Waals surface area contributed by atoms with Gasteiger partial charge in [0.1, 0.15) is 0 Å². The van der Waals surface area contributed by atoms with E-state index < -0.39 is 15.0 Å². The number of rotatable bonds is 6. The number of sulfone groups is 1. The minimum absolute atomic E-state index is 0.300. The van der Waals surface area contributed by atoms with E-state index >= 15 is 0 Å². The summed E-state index contributed by atoms with van der Waals surface area (Å²) in [5.74, 6) is 0. The van der Waals surface area contributed by atoms with Crippen molar-refractivity contribution in [1.29, 1.82) is 0 Å². The zero-order valence-corrected chi connectivity index (χ0v) is 20.9. The number of alkyl halides is 4. The van der Waals surface area contributed by atoms with E-state index in [4.69, 9.17) is 0 Å². The predicted molar refractivity (Wildman–Crippen MR) is 120 cm³/mol. The molecule has 0 atom stereocenters. The van der Waals surface area contributed by atoms with Crippen LogP contribution in [0, 0.1) is 13.8 Å². The van der Waals surface area contributed by atoms with E-state index in [-0.39, 0.29) is 0 Å². The Balaban J connectivity index is 2.34. The van der Waals surface area contributed by atoms with Crippen LogP contribution in [0.5, 0.6) is 0 Å². The summed E-state index contributed by atoms with van der Waals surface area (Å²) < 4.78 is 24.0. The number of aryl methyl sites for hydroxylation is 2. The van der Waals surface area contributed by atoms with Crippen LogP contribution in [0.25, 0.3) is 0 Å². The Labute approximate surface area is 183 Å². The summed E-state index contributed by atoms with van der Waals surface area (Å²) in [6.07, 6.45) is 0.601. The maximum Gasteiger partial charge on any atom is 0.202 e. The lowest BCUT2D eigenvalue weighted by Crippen LogP contribution is -2.41. The SMILES string of the molecule is Cc1ccccc1CC(Br)(Br)S(=O)(=O)C(Br)(Br)Cc1ccccc1C. The minimum atomic E-state index is -3.70. The molecule has 0 aromatic heterocycles. The zero-order valence-electron chi connectivity index (χ0n) is 13.8. The molecule has 0 bridgehead atoms. The van der Waals surface area contributed by atoms with Crippen LogP contribution in [-0.2, 0) is 22.7 Å². The third-order valence-corrected chi connectivity index (χ3v) is 12.2. The summed E-state index contributed by atoms with van der Waals surface area (Å²) in [6, 6.07) is 15.5. The fraction of sp³-hybridized carbons (Fsp3) is 0.333.